The molecule has 0 atom stereocenters. The van der Waals surface area contributed by atoms with Gasteiger partial charge in [0.15, 0.2) is 0 Å². The lowest BCUT2D eigenvalue weighted by atomic mass is 10.1. The molecule has 0 saturated carbocycles. The first-order valence-corrected chi connectivity index (χ1v) is 9.53. The molecule has 0 aliphatic rings. The van der Waals surface area contributed by atoms with Gasteiger partial charge in [-0.05, 0) is 49.7 Å². The van der Waals surface area contributed by atoms with Crippen LogP contribution in [0.5, 0.6) is 0 Å². The van der Waals surface area contributed by atoms with Crippen LogP contribution in [0.1, 0.15) is 22.4 Å². The summed E-state index contributed by atoms with van der Waals surface area (Å²) in [5.74, 6) is 0. The minimum Gasteiger partial charge on any atom is -0.308 e. The van der Waals surface area contributed by atoms with Crippen LogP contribution in [0.2, 0.25) is 5.02 Å². The van der Waals surface area contributed by atoms with Crippen LogP contribution in [0.25, 0.3) is 16.7 Å². The molecule has 0 amide bonds. The molecule has 0 saturated heterocycles. The fourth-order valence-corrected chi connectivity index (χ4v) is 3.33. The summed E-state index contributed by atoms with van der Waals surface area (Å²) in [5, 5.41) is 9.53. The van der Waals surface area contributed by atoms with Crippen LogP contribution in [-0.4, -0.2) is 14.8 Å². The second kappa shape index (κ2) is 7.62. The summed E-state index contributed by atoms with van der Waals surface area (Å²) in [6, 6.07) is 17.7. The van der Waals surface area contributed by atoms with E-state index in [1.807, 2.05) is 25.1 Å². The number of benzene rings is 2. The summed E-state index contributed by atoms with van der Waals surface area (Å²) in [6.45, 7) is 5.21. The predicted octanol–water partition coefficient (Wildman–Crippen LogP) is 4.27. The molecule has 142 valence electrons. The number of rotatable bonds is 5. The topological polar surface area (TPSA) is 62.7 Å². The highest BCUT2D eigenvalue weighted by Crippen LogP contribution is 2.21. The number of halogens is 1. The van der Waals surface area contributed by atoms with Gasteiger partial charge in [0.2, 0.25) is 0 Å². The van der Waals surface area contributed by atoms with E-state index in [2.05, 4.69) is 46.6 Å². The average Bonchev–Trinajstić information content (AvgIpc) is 3.00. The first kappa shape index (κ1) is 18.5. The Hall–Kier alpha value is -2.89. The molecule has 0 bridgehead atoms. The molecule has 0 aliphatic heterocycles. The third-order valence-corrected chi connectivity index (χ3v) is 5.04. The fourth-order valence-electron chi connectivity index (χ4n) is 3.21. The van der Waals surface area contributed by atoms with Crippen molar-refractivity contribution in [3.05, 3.63) is 92.4 Å². The second-order valence-electron chi connectivity index (χ2n) is 6.95. The summed E-state index contributed by atoms with van der Waals surface area (Å²) < 4.78 is 1.74. The molecular formula is C22H21ClN4O. The number of pyridine rings is 1. The molecule has 0 unspecified atom stereocenters. The summed E-state index contributed by atoms with van der Waals surface area (Å²) >= 11 is 5.97. The van der Waals surface area contributed by atoms with Crippen LogP contribution in [0.4, 0.5) is 0 Å². The molecule has 2 aromatic carbocycles. The molecule has 4 rings (SSSR count). The van der Waals surface area contributed by atoms with Crippen LogP contribution < -0.4 is 10.9 Å². The van der Waals surface area contributed by atoms with Gasteiger partial charge in [0.1, 0.15) is 5.65 Å². The average molecular weight is 393 g/mol. The zero-order chi connectivity index (χ0) is 19.7. The number of hydrogen-bond acceptors (Lipinski definition) is 3. The van der Waals surface area contributed by atoms with Crippen molar-refractivity contribution in [1.82, 2.24) is 20.1 Å². The van der Waals surface area contributed by atoms with E-state index in [-0.39, 0.29) is 5.56 Å². The maximum atomic E-state index is 12.6. The van der Waals surface area contributed by atoms with E-state index in [1.54, 1.807) is 16.8 Å². The van der Waals surface area contributed by atoms with Crippen molar-refractivity contribution in [1.29, 1.82) is 0 Å². The number of fused-ring (bicyclic) bond motifs is 1. The largest absolute Gasteiger partial charge is 0.308 e. The molecule has 0 spiro atoms. The van der Waals surface area contributed by atoms with Crippen LogP contribution in [-0.2, 0) is 13.1 Å². The highest BCUT2D eigenvalue weighted by atomic mass is 35.5. The monoisotopic (exact) mass is 392 g/mol. The van der Waals surface area contributed by atoms with Crippen LogP contribution in [0.3, 0.4) is 0 Å². The molecule has 28 heavy (non-hydrogen) atoms. The van der Waals surface area contributed by atoms with Crippen molar-refractivity contribution in [2.75, 3.05) is 0 Å². The summed E-state index contributed by atoms with van der Waals surface area (Å²) in [4.78, 5) is 15.6. The molecule has 2 heterocycles. The standard InChI is InChI=1S/C22H21ClN4O/c1-14-3-5-16(6-4-14)12-24-13-17-11-20-15(2)26-27(21(20)25-22(17)28)19-9-7-18(23)8-10-19/h3-11,24H,12-13H2,1-2H3,(H,25,28). The molecule has 5 nitrogen and oxygen atoms in total. The predicted molar refractivity (Wildman–Crippen MR) is 113 cm³/mol. The summed E-state index contributed by atoms with van der Waals surface area (Å²) in [5.41, 5.74) is 5.41. The highest BCUT2D eigenvalue weighted by Gasteiger charge is 2.13. The quantitative estimate of drug-likeness (QED) is 0.533. The molecule has 0 fully saturated rings. The van der Waals surface area contributed by atoms with Crippen LogP contribution >= 0.6 is 11.6 Å². The molecule has 4 aromatic rings. The Kier molecular flexibility index (Phi) is 5.03. The van der Waals surface area contributed by atoms with Gasteiger partial charge in [0.05, 0.1) is 11.4 Å². The van der Waals surface area contributed by atoms with Crippen molar-refractivity contribution >= 4 is 22.6 Å². The van der Waals surface area contributed by atoms with Gasteiger partial charge in [0.25, 0.3) is 5.56 Å². The van der Waals surface area contributed by atoms with Crippen molar-refractivity contribution in [3.8, 4) is 5.69 Å². The normalized spacial score (nSPS) is 11.2. The van der Waals surface area contributed by atoms with E-state index in [4.69, 9.17) is 11.6 Å². The lowest BCUT2D eigenvalue weighted by Crippen LogP contribution is -2.21. The molecule has 2 N–H and O–H groups in total. The molecule has 0 radical (unpaired) electrons. The Morgan fingerprint density at radius 3 is 2.46 bits per heavy atom. The minimum absolute atomic E-state index is 0.112. The third kappa shape index (κ3) is 3.72. The third-order valence-electron chi connectivity index (χ3n) is 4.79. The Balaban J connectivity index is 1.60. The maximum absolute atomic E-state index is 12.6. The van der Waals surface area contributed by atoms with Crippen molar-refractivity contribution in [3.63, 3.8) is 0 Å². The van der Waals surface area contributed by atoms with E-state index in [9.17, 15) is 4.79 Å². The van der Waals surface area contributed by atoms with E-state index in [0.717, 1.165) is 16.8 Å². The number of nitrogens with one attached hydrogen (secondary N) is 2. The first-order valence-electron chi connectivity index (χ1n) is 9.15. The molecular weight excluding hydrogens is 372 g/mol. The van der Waals surface area contributed by atoms with Gasteiger partial charge in [-0.1, -0.05) is 41.4 Å². The Bertz CT molecular complexity index is 1170. The Labute approximate surface area is 168 Å². The van der Waals surface area contributed by atoms with E-state index in [0.29, 0.717) is 29.3 Å². The highest BCUT2D eigenvalue weighted by molar-refractivity contribution is 6.30. The number of aromatic nitrogens is 3. The number of H-pyrrole nitrogens is 1. The Morgan fingerprint density at radius 1 is 1.04 bits per heavy atom. The number of aromatic amines is 1. The molecule has 0 aliphatic carbocycles. The van der Waals surface area contributed by atoms with Crippen molar-refractivity contribution in [2.24, 2.45) is 0 Å². The SMILES string of the molecule is Cc1ccc(CNCc2cc3c(C)nn(-c4ccc(Cl)cc4)c3[nH]c2=O)cc1. The van der Waals surface area contributed by atoms with Crippen molar-refractivity contribution in [2.45, 2.75) is 26.9 Å². The van der Waals surface area contributed by atoms with Gasteiger partial charge in [-0.2, -0.15) is 5.10 Å². The lowest BCUT2D eigenvalue weighted by Gasteiger charge is -2.07. The van der Waals surface area contributed by atoms with Gasteiger partial charge in [0, 0.05) is 29.1 Å². The number of aryl methyl sites for hydroxylation is 2. The molecule has 2 aromatic heterocycles. The molecule has 6 heteroatoms. The van der Waals surface area contributed by atoms with E-state index < -0.39 is 0 Å². The number of hydrogen-bond donors (Lipinski definition) is 2. The number of nitrogens with zero attached hydrogens (tertiary/aromatic N) is 2. The lowest BCUT2D eigenvalue weighted by molar-refractivity contribution is 0.688. The van der Waals surface area contributed by atoms with Gasteiger partial charge in [-0.25, -0.2) is 4.68 Å². The Morgan fingerprint density at radius 2 is 1.75 bits per heavy atom. The van der Waals surface area contributed by atoms with Gasteiger partial charge in [-0.3, -0.25) is 4.79 Å². The van der Waals surface area contributed by atoms with Gasteiger partial charge >= 0.3 is 0 Å². The van der Waals surface area contributed by atoms with E-state index >= 15 is 0 Å². The second-order valence-corrected chi connectivity index (χ2v) is 7.39. The van der Waals surface area contributed by atoms with Crippen LogP contribution in [0, 0.1) is 13.8 Å². The van der Waals surface area contributed by atoms with Gasteiger partial charge < -0.3 is 10.3 Å². The fraction of sp³-hybridized carbons (Fsp3) is 0.182. The van der Waals surface area contributed by atoms with E-state index in [1.165, 1.54) is 11.1 Å². The van der Waals surface area contributed by atoms with Crippen LogP contribution in [0.15, 0.2) is 59.4 Å². The summed E-state index contributed by atoms with van der Waals surface area (Å²) in [6.07, 6.45) is 0. The first-order chi connectivity index (χ1) is 13.5. The maximum Gasteiger partial charge on any atom is 0.254 e. The summed E-state index contributed by atoms with van der Waals surface area (Å²) in [7, 11) is 0. The zero-order valence-electron chi connectivity index (χ0n) is 15.8. The minimum atomic E-state index is -0.112. The van der Waals surface area contributed by atoms with Crippen molar-refractivity contribution < 1.29 is 0 Å². The zero-order valence-corrected chi connectivity index (χ0v) is 16.5. The van der Waals surface area contributed by atoms with Gasteiger partial charge in [-0.15, -0.1) is 0 Å². The smallest absolute Gasteiger partial charge is 0.254 e.